The number of carbonyl (C=O) groups is 1. The molecule has 0 saturated heterocycles. The Kier molecular flexibility index (Phi) is 4.72. The molecule has 0 aliphatic rings. The number of rotatable bonds is 4. The van der Waals surface area contributed by atoms with E-state index in [1.165, 1.54) is 6.07 Å². The van der Waals surface area contributed by atoms with Gasteiger partial charge in [-0.2, -0.15) is 0 Å². The van der Waals surface area contributed by atoms with Crippen LogP contribution in [0.5, 0.6) is 5.75 Å². The van der Waals surface area contributed by atoms with E-state index in [4.69, 9.17) is 23.2 Å². The standard InChI is InChI=1S/C10H11Cl2NO2/c11-6-10(15)13-4-3-7-5-8(12)1-2-9(7)14/h1-2,5,14H,3-4,6H2,(H,13,15). The predicted molar refractivity (Wildman–Crippen MR) is 60.6 cm³/mol. The molecule has 0 aromatic heterocycles. The van der Waals surface area contributed by atoms with Gasteiger partial charge < -0.3 is 10.4 Å². The van der Waals surface area contributed by atoms with Gasteiger partial charge in [0.1, 0.15) is 11.6 Å². The first-order valence-electron chi connectivity index (χ1n) is 4.43. The van der Waals surface area contributed by atoms with Gasteiger partial charge in [-0.3, -0.25) is 4.79 Å². The number of phenols is 1. The molecule has 0 bridgehead atoms. The molecule has 0 unspecified atom stereocenters. The molecule has 0 fully saturated rings. The molecule has 0 radical (unpaired) electrons. The molecule has 0 aliphatic heterocycles. The number of hydrogen-bond donors (Lipinski definition) is 2. The van der Waals surface area contributed by atoms with Gasteiger partial charge in [-0.05, 0) is 30.2 Å². The summed E-state index contributed by atoms with van der Waals surface area (Å²) in [7, 11) is 0. The highest BCUT2D eigenvalue weighted by Crippen LogP contribution is 2.21. The van der Waals surface area contributed by atoms with Crippen LogP contribution in [0.25, 0.3) is 0 Å². The Morgan fingerprint density at radius 2 is 2.20 bits per heavy atom. The van der Waals surface area contributed by atoms with Gasteiger partial charge in [-0.1, -0.05) is 11.6 Å². The highest BCUT2D eigenvalue weighted by molar-refractivity contribution is 6.30. The zero-order chi connectivity index (χ0) is 11.3. The Bertz CT molecular complexity index is 355. The van der Waals surface area contributed by atoms with Gasteiger partial charge in [-0.15, -0.1) is 11.6 Å². The third kappa shape index (κ3) is 3.98. The molecule has 1 rings (SSSR count). The van der Waals surface area contributed by atoms with Crippen molar-refractivity contribution in [2.75, 3.05) is 12.4 Å². The van der Waals surface area contributed by atoms with Gasteiger partial charge in [0.25, 0.3) is 0 Å². The largest absolute Gasteiger partial charge is 0.508 e. The van der Waals surface area contributed by atoms with Gasteiger partial charge >= 0.3 is 0 Å². The second kappa shape index (κ2) is 5.83. The highest BCUT2D eigenvalue weighted by Gasteiger charge is 2.03. The number of halogens is 2. The van der Waals surface area contributed by atoms with Crippen molar-refractivity contribution in [3.05, 3.63) is 28.8 Å². The topological polar surface area (TPSA) is 49.3 Å². The first-order chi connectivity index (χ1) is 7.13. The van der Waals surface area contributed by atoms with E-state index < -0.39 is 0 Å². The molecule has 15 heavy (non-hydrogen) atoms. The van der Waals surface area contributed by atoms with Gasteiger partial charge in [0.2, 0.25) is 5.91 Å². The van der Waals surface area contributed by atoms with Crippen LogP contribution in [-0.2, 0) is 11.2 Å². The van der Waals surface area contributed by atoms with Crippen molar-refractivity contribution in [2.45, 2.75) is 6.42 Å². The summed E-state index contributed by atoms with van der Waals surface area (Å²) in [6, 6.07) is 4.81. The molecule has 0 atom stereocenters. The average Bonchev–Trinajstić information content (AvgIpc) is 2.23. The maximum Gasteiger partial charge on any atom is 0.234 e. The lowest BCUT2D eigenvalue weighted by Gasteiger charge is -2.05. The molecule has 0 heterocycles. The maximum absolute atomic E-state index is 10.8. The van der Waals surface area contributed by atoms with E-state index in [9.17, 15) is 9.90 Å². The minimum atomic E-state index is -0.224. The van der Waals surface area contributed by atoms with Crippen molar-refractivity contribution in [1.29, 1.82) is 0 Å². The van der Waals surface area contributed by atoms with E-state index in [0.29, 0.717) is 23.6 Å². The Hall–Kier alpha value is -0.930. The summed E-state index contributed by atoms with van der Waals surface area (Å²) in [5, 5.41) is 12.6. The maximum atomic E-state index is 10.8. The third-order valence-electron chi connectivity index (χ3n) is 1.88. The molecule has 82 valence electrons. The second-order valence-electron chi connectivity index (χ2n) is 3.01. The molecule has 1 amide bonds. The van der Waals surface area contributed by atoms with Crippen LogP contribution in [0.1, 0.15) is 5.56 Å². The quantitative estimate of drug-likeness (QED) is 0.800. The van der Waals surface area contributed by atoms with Crippen LogP contribution in [-0.4, -0.2) is 23.4 Å². The number of benzene rings is 1. The van der Waals surface area contributed by atoms with Crippen LogP contribution in [0.4, 0.5) is 0 Å². The minimum absolute atomic E-state index is 0.0540. The van der Waals surface area contributed by atoms with Crippen molar-refractivity contribution in [1.82, 2.24) is 5.32 Å². The van der Waals surface area contributed by atoms with Crippen LogP contribution in [0.15, 0.2) is 18.2 Å². The molecule has 0 aliphatic carbocycles. The number of amides is 1. The van der Waals surface area contributed by atoms with E-state index in [0.717, 1.165) is 0 Å². The summed E-state index contributed by atoms with van der Waals surface area (Å²) in [6.45, 7) is 0.430. The van der Waals surface area contributed by atoms with Gasteiger partial charge in [-0.25, -0.2) is 0 Å². The van der Waals surface area contributed by atoms with Gasteiger partial charge in [0, 0.05) is 11.6 Å². The molecule has 2 N–H and O–H groups in total. The fourth-order valence-corrected chi connectivity index (χ4v) is 1.43. The van der Waals surface area contributed by atoms with Crippen molar-refractivity contribution in [2.24, 2.45) is 0 Å². The van der Waals surface area contributed by atoms with Crippen LogP contribution < -0.4 is 5.32 Å². The summed E-state index contributed by atoms with van der Waals surface area (Å²) < 4.78 is 0. The molecule has 0 saturated carbocycles. The second-order valence-corrected chi connectivity index (χ2v) is 3.71. The van der Waals surface area contributed by atoms with Crippen molar-refractivity contribution in [3.63, 3.8) is 0 Å². The molecule has 5 heteroatoms. The number of carbonyl (C=O) groups excluding carboxylic acids is 1. The highest BCUT2D eigenvalue weighted by atomic mass is 35.5. The third-order valence-corrected chi connectivity index (χ3v) is 2.36. The van der Waals surface area contributed by atoms with Gasteiger partial charge in [0.15, 0.2) is 0 Å². The Morgan fingerprint density at radius 3 is 2.87 bits per heavy atom. The fourth-order valence-electron chi connectivity index (χ4n) is 1.14. The molecule has 3 nitrogen and oxygen atoms in total. The number of hydrogen-bond acceptors (Lipinski definition) is 2. The molecule has 0 spiro atoms. The molecule has 1 aromatic carbocycles. The molecular weight excluding hydrogens is 237 g/mol. The normalized spacial score (nSPS) is 10.0. The van der Waals surface area contributed by atoms with Crippen molar-refractivity contribution < 1.29 is 9.90 Å². The minimum Gasteiger partial charge on any atom is -0.508 e. The van der Waals surface area contributed by atoms with Crippen LogP contribution in [0.3, 0.4) is 0 Å². The fraction of sp³-hybridized carbons (Fsp3) is 0.300. The summed E-state index contributed by atoms with van der Waals surface area (Å²) in [5.74, 6) is -0.0978. The Balaban J connectivity index is 2.50. The zero-order valence-corrected chi connectivity index (χ0v) is 9.48. The van der Waals surface area contributed by atoms with E-state index in [-0.39, 0.29) is 17.5 Å². The van der Waals surface area contributed by atoms with Crippen molar-refractivity contribution >= 4 is 29.1 Å². The smallest absolute Gasteiger partial charge is 0.234 e. The number of nitrogens with one attached hydrogen (secondary N) is 1. The lowest BCUT2D eigenvalue weighted by atomic mass is 10.1. The van der Waals surface area contributed by atoms with Crippen LogP contribution >= 0.6 is 23.2 Å². The first kappa shape index (κ1) is 12.1. The summed E-state index contributed by atoms with van der Waals surface area (Å²) in [4.78, 5) is 10.8. The molecule has 1 aromatic rings. The van der Waals surface area contributed by atoms with Crippen molar-refractivity contribution in [3.8, 4) is 5.75 Å². The summed E-state index contributed by atoms with van der Waals surface area (Å²) in [6.07, 6.45) is 0.523. The van der Waals surface area contributed by atoms with Gasteiger partial charge in [0.05, 0.1) is 0 Å². The average molecular weight is 248 g/mol. The van der Waals surface area contributed by atoms with Crippen LogP contribution in [0, 0.1) is 0 Å². The lowest BCUT2D eigenvalue weighted by Crippen LogP contribution is -2.26. The number of phenolic OH excluding ortho intramolecular Hbond substituents is 1. The lowest BCUT2D eigenvalue weighted by molar-refractivity contribution is -0.118. The molecular formula is C10H11Cl2NO2. The van der Waals surface area contributed by atoms with E-state index in [2.05, 4.69) is 5.32 Å². The first-order valence-corrected chi connectivity index (χ1v) is 5.35. The summed E-state index contributed by atoms with van der Waals surface area (Å²) >= 11 is 11.1. The Morgan fingerprint density at radius 1 is 1.47 bits per heavy atom. The number of aromatic hydroxyl groups is 1. The van der Waals surface area contributed by atoms with E-state index >= 15 is 0 Å². The van der Waals surface area contributed by atoms with E-state index in [1.54, 1.807) is 12.1 Å². The summed E-state index contributed by atoms with van der Waals surface area (Å²) in [5.41, 5.74) is 0.706. The van der Waals surface area contributed by atoms with Crippen LogP contribution in [0.2, 0.25) is 5.02 Å². The SMILES string of the molecule is O=C(CCl)NCCc1cc(Cl)ccc1O. The predicted octanol–water partition coefficient (Wildman–Crippen LogP) is 1.94. The Labute approximate surface area is 98.0 Å². The zero-order valence-electron chi connectivity index (χ0n) is 7.96. The monoisotopic (exact) mass is 247 g/mol. The van der Waals surface area contributed by atoms with E-state index in [1.807, 2.05) is 0 Å². The number of alkyl halides is 1.